The summed E-state index contributed by atoms with van der Waals surface area (Å²) in [6.45, 7) is 7.10. The molecule has 0 radical (unpaired) electrons. The summed E-state index contributed by atoms with van der Waals surface area (Å²) in [6.07, 6.45) is 22.4. The Hall–Kier alpha value is -2.35. The molecule has 0 bridgehead atoms. The molecule has 2 heteroatoms. The third-order valence-electron chi connectivity index (χ3n) is 4.03. The summed E-state index contributed by atoms with van der Waals surface area (Å²) in [5, 5.41) is 0. The predicted molar refractivity (Wildman–Crippen MR) is 111 cm³/mol. The predicted octanol–water partition coefficient (Wildman–Crippen LogP) is 6.74. The number of unbranched alkanes of at least 4 members (excludes halogenated alkanes) is 5. The van der Waals surface area contributed by atoms with E-state index in [1.54, 1.807) is 6.07 Å². The van der Waals surface area contributed by atoms with E-state index in [1.807, 2.05) is 18.2 Å². The largest absolute Gasteiger partial charge is 0.423 e. The van der Waals surface area contributed by atoms with Gasteiger partial charge in [-0.25, -0.2) is 4.79 Å². The number of esters is 1. The fraction of sp³-hybridized carbons (Fsp3) is 0.375. The summed E-state index contributed by atoms with van der Waals surface area (Å²) >= 11 is 0. The van der Waals surface area contributed by atoms with Crippen molar-refractivity contribution in [2.24, 2.45) is 0 Å². The first kappa shape index (κ1) is 21.7. The highest BCUT2D eigenvalue weighted by molar-refractivity contribution is 5.83. The minimum atomic E-state index is -0.413. The third-order valence-corrected chi connectivity index (χ3v) is 4.03. The van der Waals surface area contributed by atoms with Crippen molar-refractivity contribution in [2.45, 2.75) is 57.8 Å². The van der Waals surface area contributed by atoms with Crippen LogP contribution >= 0.6 is 0 Å². The fourth-order valence-electron chi connectivity index (χ4n) is 2.63. The van der Waals surface area contributed by atoms with Crippen molar-refractivity contribution < 1.29 is 9.53 Å². The van der Waals surface area contributed by atoms with Gasteiger partial charge in [0.15, 0.2) is 0 Å². The Bertz CT molecular complexity index is 596. The zero-order valence-electron chi connectivity index (χ0n) is 15.9. The third kappa shape index (κ3) is 11.2. The summed E-state index contributed by atoms with van der Waals surface area (Å²) < 4.78 is 5.15. The van der Waals surface area contributed by atoms with Gasteiger partial charge in [0.05, 0.1) is 0 Å². The Kier molecular flexibility index (Phi) is 12.5. The van der Waals surface area contributed by atoms with Crippen LogP contribution in [0.15, 0.2) is 73.9 Å². The van der Waals surface area contributed by atoms with Crippen molar-refractivity contribution in [3.8, 4) is 5.75 Å². The lowest BCUT2D eigenvalue weighted by atomic mass is 10.0. The SMILES string of the molecule is C=CC/C=C/C/C=C/CCCCCCCc1cccc(OC(=O)C=C)c1. The van der Waals surface area contributed by atoms with Gasteiger partial charge in [0.25, 0.3) is 0 Å². The molecule has 0 saturated heterocycles. The molecular formula is C24H32O2. The van der Waals surface area contributed by atoms with Gasteiger partial charge in [0, 0.05) is 6.08 Å². The molecule has 0 aliphatic rings. The molecule has 0 N–H and O–H groups in total. The van der Waals surface area contributed by atoms with Crippen LogP contribution in [0, 0.1) is 0 Å². The second kappa shape index (κ2) is 14.9. The van der Waals surface area contributed by atoms with E-state index in [9.17, 15) is 4.79 Å². The van der Waals surface area contributed by atoms with Gasteiger partial charge in [-0.05, 0) is 56.2 Å². The first-order chi connectivity index (χ1) is 12.8. The van der Waals surface area contributed by atoms with Crippen molar-refractivity contribution in [1.82, 2.24) is 0 Å². The van der Waals surface area contributed by atoms with Gasteiger partial charge < -0.3 is 4.74 Å². The normalized spacial score (nSPS) is 11.1. The van der Waals surface area contributed by atoms with Gasteiger partial charge in [-0.2, -0.15) is 0 Å². The molecule has 1 aromatic carbocycles. The maximum Gasteiger partial charge on any atom is 0.335 e. The highest BCUT2D eigenvalue weighted by atomic mass is 16.5. The first-order valence-electron chi connectivity index (χ1n) is 9.60. The number of aryl methyl sites for hydroxylation is 1. The molecule has 140 valence electrons. The number of rotatable bonds is 14. The minimum Gasteiger partial charge on any atom is -0.423 e. The fourth-order valence-corrected chi connectivity index (χ4v) is 2.63. The summed E-state index contributed by atoms with van der Waals surface area (Å²) in [4.78, 5) is 11.2. The molecule has 0 unspecified atom stereocenters. The zero-order valence-corrected chi connectivity index (χ0v) is 15.9. The quantitative estimate of drug-likeness (QED) is 0.122. The maximum absolute atomic E-state index is 11.2. The molecule has 0 atom stereocenters. The number of hydrogen-bond acceptors (Lipinski definition) is 2. The van der Waals surface area contributed by atoms with Crippen LogP contribution < -0.4 is 4.74 Å². The number of carbonyl (C=O) groups excluding carboxylic acids is 1. The van der Waals surface area contributed by atoms with Crippen LogP contribution in [0.4, 0.5) is 0 Å². The highest BCUT2D eigenvalue weighted by Gasteiger charge is 2.01. The van der Waals surface area contributed by atoms with Crippen molar-refractivity contribution in [3.05, 3.63) is 79.4 Å². The molecule has 0 amide bonds. The molecule has 0 heterocycles. The van der Waals surface area contributed by atoms with Gasteiger partial charge in [-0.15, -0.1) is 6.58 Å². The zero-order chi connectivity index (χ0) is 18.9. The van der Waals surface area contributed by atoms with Gasteiger partial charge in [-0.3, -0.25) is 0 Å². The lowest BCUT2D eigenvalue weighted by molar-refractivity contribution is -0.128. The maximum atomic E-state index is 11.2. The van der Waals surface area contributed by atoms with Crippen molar-refractivity contribution in [3.63, 3.8) is 0 Å². The van der Waals surface area contributed by atoms with E-state index in [1.165, 1.54) is 50.2 Å². The lowest BCUT2D eigenvalue weighted by Crippen LogP contribution is -2.03. The Morgan fingerprint density at radius 2 is 1.65 bits per heavy atom. The van der Waals surface area contributed by atoms with Crippen LogP contribution in [0.25, 0.3) is 0 Å². The van der Waals surface area contributed by atoms with Crippen LogP contribution in [-0.2, 0) is 11.2 Å². The van der Waals surface area contributed by atoms with E-state index in [-0.39, 0.29) is 0 Å². The molecule has 0 saturated carbocycles. The first-order valence-corrected chi connectivity index (χ1v) is 9.60. The van der Waals surface area contributed by atoms with E-state index < -0.39 is 5.97 Å². The Morgan fingerprint density at radius 1 is 0.923 bits per heavy atom. The Morgan fingerprint density at radius 3 is 2.46 bits per heavy atom. The second-order valence-corrected chi connectivity index (χ2v) is 6.28. The number of carbonyl (C=O) groups is 1. The van der Waals surface area contributed by atoms with Gasteiger partial charge >= 0.3 is 5.97 Å². The topological polar surface area (TPSA) is 26.3 Å². The summed E-state index contributed by atoms with van der Waals surface area (Å²) in [5.74, 6) is 0.183. The minimum absolute atomic E-state index is 0.413. The average molecular weight is 353 g/mol. The molecule has 1 aromatic rings. The van der Waals surface area contributed by atoms with Crippen molar-refractivity contribution in [2.75, 3.05) is 0 Å². The molecule has 26 heavy (non-hydrogen) atoms. The summed E-state index contributed by atoms with van der Waals surface area (Å²) in [6, 6.07) is 7.75. The van der Waals surface area contributed by atoms with Gasteiger partial charge in [0.2, 0.25) is 0 Å². The molecule has 0 aromatic heterocycles. The molecule has 2 nitrogen and oxygen atoms in total. The molecule has 0 fully saturated rings. The van der Waals surface area contributed by atoms with Crippen LogP contribution in [0.2, 0.25) is 0 Å². The standard InChI is InChI=1S/C24H32O2/c1-3-5-6-7-8-9-10-11-12-13-14-15-16-18-22-19-17-20-23(21-22)26-24(25)4-2/h3-4,6-7,9-10,17,19-21H,1-2,5,8,11-16,18H2/b7-6+,10-9+. The van der Waals surface area contributed by atoms with E-state index in [2.05, 4.69) is 43.5 Å². The average Bonchev–Trinajstić information content (AvgIpc) is 2.65. The van der Waals surface area contributed by atoms with Crippen LogP contribution in [0.3, 0.4) is 0 Å². The lowest BCUT2D eigenvalue weighted by Gasteiger charge is -2.05. The van der Waals surface area contributed by atoms with Gasteiger partial charge in [0.1, 0.15) is 5.75 Å². The van der Waals surface area contributed by atoms with Crippen LogP contribution in [-0.4, -0.2) is 5.97 Å². The second-order valence-electron chi connectivity index (χ2n) is 6.28. The van der Waals surface area contributed by atoms with E-state index in [0.29, 0.717) is 5.75 Å². The van der Waals surface area contributed by atoms with Crippen molar-refractivity contribution in [1.29, 1.82) is 0 Å². The summed E-state index contributed by atoms with van der Waals surface area (Å²) in [5.41, 5.74) is 1.21. The number of ether oxygens (including phenoxy) is 1. The summed E-state index contributed by atoms with van der Waals surface area (Å²) in [7, 11) is 0. The van der Waals surface area contributed by atoms with Crippen molar-refractivity contribution >= 4 is 5.97 Å². The molecule has 0 spiro atoms. The molecule has 1 rings (SSSR count). The number of hydrogen-bond donors (Lipinski definition) is 0. The monoisotopic (exact) mass is 352 g/mol. The molecule has 0 aliphatic carbocycles. The van der Waals surface area contributed by atoms with E-state index in [0.717, 1.165) is 19.3 Å². The van der Waals surface area contributed by atoms with Gasteiger partial charge in [-0.1, -0.05) is 68.4 Å². The molecular weight excluding hydrogens is 320 g/mol. The number of allylic oxidation sites excluding steroid dienone is 5. The smallest absolute Gasteiger partial charge is 0.335 e. The molecule has 0 aliphatic heterocycles. The number of benzene rings is 1. The van der Waals surface area contributed by atoms with Crippen LogP contribution in [0.1, 0.15) is 56.9 Å². The Balaban J connectivity index is 2.06. The van der Waals surface area contributed by atoms with E-state index in [4.69, 9.17) is 4.74 Å². The van der Waals surface area contributed by atoms with E-state index >= 15 is 0 Å². The Labute approximate surface area is 159 Å². The van der Waals surface area contributed by atoms with Crippen LogP contribution in [0.5, 0.6) is 5.75 Å². The highest BCUT2D eigenvalue weighted by Crippen LogP contribution is 2.16.